The fourth-order valence-electron chi connectivity index (χ4n) is 3.26. The Labute approximate surface area is 165 Å². The molecule has 0 radical (unpaired) electrons. The Morgan fingerprint density at radius 2 is 1.93 bits per heavy atom. The SMILES string of the molecule is C=C(/C=C(/CCCOC)C(=C)CC)C(=C)/C(F)=C\C(=C)[C@@]1(C)C=CC(C)C1. The normalized spacial score (nSPS) is 22.8. The van der Waals surface area contributed by atoms with Gasteiger partial charge in [-0.25, -0.2) is 4.39 Å². The molecule has 0 aromatic rings. The van der Waals surface area contributed by atoms with Crippen LogP contribution in [0.2, 0.25) is 0 Å². The summed E-state index contributed by atoms with van der Waals surface area (Å²) in [5.74, 6) is 0.104. The van der Waals surface area contributed by atoms with E-state index in [2.05, 4.69) is 59.2 Å². The maximum Gasteiger partial charge on any atom is 0.130 e. The Balaban J connectivity index is 2.91. The molecule has 0 fully saturated rings. The van der Waals surface area contributed by atoms with Gasteiger partial charge in [0.1, 0.15) is 5.83 Å². The fraction of sp³-hybridized carbons (Fsp3) is 0.440. The zero-order valence-corrected chi connectivity index (χ0v) is 17.5. The lowest BCUT2D eigenvalue weighted by Gasteiger charge is -2.24. The summed E-state index contributed by atoms with van der Waals surface area (Å²) in [6.07, 6.45) is 11.2. The third-order valence-electron chi connectivity index (χ3n) is 5.27. The first-order valence-electron chi connectivity index (χ1n) is 9.66. The number of ether oxygens (including phenoxy) is 1. The number of hydrogen-bond donors (Lipinski definition) is 0. The molecule has 0 aromatic heterocycles. The van der Waals surface area contributed by atoms with E-state index in [4.69, 9.17) is 4.74 Å². The summed E-state index contributed by atoms with van der Waals surface area (Å²) in [7, 11) is 1.69. The highest BCUT2D eigenvalue weighted by atomic mass is 19.1. The van der Waals surface area contributed by atoms with Crippen molar-refractivity contribution in [2.75, 3.05) is 13.7 Å². The van der Waals surface area contributed by atoms with Gasteiger partial charge in [-0.1, -0.05) is 70.9 Å². The topological polar surface area (TPSA) is 9.23 Å². The van der Waals surface area contributed by atoms with Crippen molar-refractivity contribution in [3.8, 4) is 0 Å². The van der Waals surface area contributed by atoms with Gasteiger partial charge in [-0.2, -0.15) is 0 Å². The van der Waals surface area contributed by atoms with Crippen LogP contribution in [0.4, 0.5) is 4.39 Å². The van der Waals surface area contributed by atoms with E-state index in [1.807, 2.05) is 6.08 Å². The van der Waals surface area contributed by atoms with Gasteiger partial charge in [-0.05, 0) is 54.4 Å². The summed E-state index contributed by atoms with van der Waals surface area (Å²) < 4.78 is 19.9. The van der Waals surface area contributed by atoms with Crippen LogP contribution < -0.4 is 0 Å². The van der Waals surface area contributed by atoms with E-state index in [0.717, 1.165) is 42.4 Å². The van der Waals surface area contributed by atoms with Gasteiger partial charge >= 0.3 is 0 Å². The maximum atomic E-state index is 14.8. The number of rotatable bonds is 11. The largest absolute Gasteiger partial charge is 0.385 e. The molecule has 1 unspecified atom stereocenters. The molecule has 0 bridgehead atoms. The molecule has 0 aromatic carbocycles. The quantitative estimate of drug-likeness (QED) is 0.209. The summed E-state index contributed by atoms with van der Waals surface area (Å²) in [6.45, 7) is 23.1. The monoisotopic (exact) mass is 370 g/mol. The van der Waals surface area contributed by atoms with Crippen molar-refractivity contribution in [3.63, 3.8) is 0 Å². The van der Waals surface area contributed by atoms with Gasteiger partial charge in [-0.3, -0.25) is 0 Å². The average molecular weight is 371 g/mol. The standard InChI is InChI=1S/C25H35FO/c1-9-19(3)23(11-10-14-27-8)15-20(4)22(6)24(26)16-21(5)25(7)13-12-18(2)17-25/h12-13,15-16,18H,3-6,9-11,14,17H2,1-2,7-8H3/b23-15-,24-16+/t18?,25-/m0/s1. The van der Waals surface area contributed by atoms with Gasteiger partial charge in [0.05, 0.1) is 0 Å². The molecular weight excluding hydrogens is 335 g/mol. The summed E-state index contributed by atoms with van der Waals surface area (Å²) >= 11 is 0. The van der Waals surface area contributed by atoms with E-state index >= 15 is 0 Å². The van der Waals surface area contributed by atoms with Crippen LogP contribution >= 0.6 is 0 Å². The Morgan fingerprint density at radius 3 is 2.44 bits per heavy atom. The molecule has 2 atom stereocenters. The minimum atomic E-state index is -0.381. The molecule has 0 saturated heterocycles. The third kappa shape index (κ3) is 6.62. The van der Waals surface area contributed by atoms with Crippen molar-refractivity contribution in [3.05, 3.63) is 84.3 Å². The van der Waals surface area contributed by atoms with Gasteiger partial charge in [0.25, 0.3) is 0 Å². The third-order valence-corrected chi connectivity index (χ3v) is 5.27. The first kappa shape index (κ1) is 23.1. The Bertz CT molecular complexity index is 689. The molecular formula is C25H35FO. The average Bonchev–Trinajstić information content (AvgIpc) is 2.99. The van der Waals surface area contributed by atoms with Crippen LogP contribution in [0.3, 0.4) is 0 Å². The molecule has 1 rings (SSSR count). The number of hydrogen-bond acceptors (Lipinski definition) is 1. The van der Waals surface area contributed by atoms with Gasteiger partial charge in [0, 0.05) is 24.7 Å². The molecule has 148 valence electrons. The van der Waals surface area contributed by atoms with E-state index < -0.39 is 0 Å². The lowest BCUT2D eigenvalue weighted by molar-refractivity contribution is 0.195. The first-order chi connectivity index (χ1) is 12.6. The van der Waals surface area contributed by atoms with Crippen LogP contribution in [-0.4, -0.2) is 13.7 Å². The molecule has 1 aliphatic carbocycles. The van der Waals surface area contributed by atoms with Crippen molar-refractivity contribution in [2.24, 2.45) is 11.3 Å². The van der Waals surface area contributed by atoms with Crippen LogP contribution in [0.25, 0.3) is 0 Å². The highest BCUT2D eigenvalue weighted by molar-refractivity contribution is 5.51. The molecule has 0 saturated carbocycles. The lowest BCUT2D eigenvalue weighted by atomic mass is 9.80. The molecule has 0 aliphatic heterocycles. The molecule has 0 N–H and O–H groups in total. The predicted octanol–water partition coefficient (Wildman–Crippen LogP) is 7.43. The lowest BCUT2D eigenvalue weighted by Crippen LogP contribution is -2.13. The van der Waals surface area contributed by atoms with E-state index in [0.29, 0.717) is 23.7 Å². The highest BCUT2D eigenvalue weighted by Gasteiger charge is 2.30. The van der Waals surface area contributed by atoms with Crippen LogP contribution in [0.1, 0.15) is 46.5 Å². The van der Waals surface area contributed by atoms with E-state index in [1.165, 1.54) is 6.08 Å². The number of halogens is 1. The molecule has 2 heteroatoms. The maximum absolute atomic E-state index is 14.8. The number of methoxy groups -OCH3 is 1. The predicted molar refractivity (Wildman–Crippen MR) is 116 cm³/mol. The summed E-state index contributed by atoms with van der Waals surface area (Å²) in [5, 5.41) is 0. The summed E-state index contributed by atoms with van der Waals surface area (Å²) in [5.41, 5.74) is 3.54. The fourth-order valence-corrected chi connectivity index (χ4v) is 3.26. The van der Waals surface area contributed by atoms with E-state index in [9.17, 15) is 4.39 Å². The Morgan fingerprint density at radius 1 is 1.26 bits per heavy atom. The van der Waals surface area contributed by atoms with Crippen molar-refractivity contribution in [1.82, 2.24) is 0 Å². The van der Waals surface area contributed by atoms with Gasteiger partial charge in [0.15, 0.2) is 0 Å². The van der Waals surface area contributed by atoms with Gasteiger partial charge in [0.2, 0.25) is 0 Å². The zero-order chi connectivity index (χ0) is 20.6. The van der Waals surface area contributed by atoms with Crippen LogP contribution in [-0.2, 0) is 4.74 Å². The molecule has 1 nitrogen and oxygen atoms in total. The number of allylic oxidation sites excluding steroid dienone is 10. The minimum absolute atomic E-state index is 0.198. The van der Waals surface area contributed by atoms with Crippen LogP contribution in [0, 0.1) is 11.3 Å². The summed E-state index contributed by atoms with van der Waals surface area (Å²) in [4.78, 5) is 0. The highest BCUT2D eigenvalue weighted by Crippen LogP contribution is 2.42. The van der Waals surface area contributed by atoms with Gasteiger partial charge < -0.3 is 4.74 Å². The molecule has 27 heavy (non-hydrogen) atoms. The Hall–Kier alpha value is -1.93. The smallest absolute Gasteiger partial charge is 0.130 e. The van der Waals surface area contributed by atoms with E-state index in [-0.39, 0.29) is 11.2 Å². The first-order valence-corrected chi connectivity index (χ1v) is 9.66. The minimum Gasteiger partial charge on any atom is -0.385 e. The second-order valence-corrected chi connectivity index (χ2v) is 7.70. The van der Waals surface area contributed by atoms with Crippen LogP contribution in [0.5, 0.6) is 0 Å². The zero-order valence-electron chi connectivity index (χ0n) is 17.5. The molecule has 0 spiro atoms. The molecule has 1 aliphatic rings. The van der Waals surface area contributed by atoms with Crippen LogP contribution in [0.15, 0.2) is 84.3 Å². The second kappa shape index (κ2) is 10.4. The van der Waals surface area contributed by atoms with Crippen molar-refractivity contribution < 1.29 is 9.13 Å². The Kier molecular flexibility index (Phi) is 8.92. The van der Waals surface area contributed by atoms with Crippen molar-refractivity contribution in [1.29, 1.82) is 0 Å². The molecule has 0 heterocycles. The summed E-state index contributed by atoms with van der Waals surface area (Å²) in [6, 6.07) is 0. The van der Waals surface area contributed by atoms with Crippen molar-refractivity contribution in [2.45, 2.75) is 46.5 Å². The second-order valence-electron chi connectivity index (χ2n) is 7.70. The van der Waals surface area contributed by atoms with Crippen molar-refractivity contribution >= 4 is 0 Å². The van der Waals surface area contributed by atoms with Gasteiger partial charge in [-0.15, -0.1) is 0 Å². The van der Waals surface area contributed by atoms with E-state index in [1.54, 1.807) is 7.11 Å². The molecule has 0 amide bonds.